The number of rotatable bonds is 6. The van der Waals surface area contributed by atoms with E-state index in [2.05, 4.69) is 26.6 Å². The lowest BCUT2D eigenvalue weighted by atomic mass is 10.3. The van der Waals surface area contributed by atoms with E-state index in [9.17, 15) is 4.79 Å². The van der Waals surface area contributed by atoms with Gasteiger partial charge in [0.25, 0.3) is 0 Å². The molecule has 0 radical (unpaired) electrons. The van der Waals surface area contributed by atoms with Crippen molar-refractivity contribution in [3.05, 3.63) is 52.9 Å². The topological polar surface area (TPSA) is 54.3 Å². The standard InChI is InChI=1S/C14H15BrN2O2/c15-12-5-1-2-6-13(12)17-14(18)7-8-16-10-11-4-3-9-19-11/h1-6,9,16H,7-8,10H2,(H,17,18). The van der Waals surface area contributed by atoms with Crippen molar-refractivity contribution in [1.29, 1.82) is 0 Å². The van der Waals surface area contributed by atoms with Crippen molar-refractivity contribution < 1.29 is 9.21 Å². The minimum absolute atomic E-state index is 0.0150. The van der Waals surface area contributed by atoms with Crippen LogP contribution in [0.4, 0.5) is 5.69 Å². The summed E-state index contributed by atoms with van der Waals surface area (Å²) in [5.74, 6) is 0.852. The van der Waals surface area contributed by atoms with Gasteiger partial charge < -0.3 is 15.1 Å². The number of amides is 1. The van der Waals surface area contributed by atoms with Crippen LogP contribution in [-0.4, -0.2) is 12.5 Å². The first kappa shape index (κ1) is 13.8. The predicted molar refractivity (Wildman–Crippen MR) is 77.8 cm³/mol. The lowest BCUT2D eigenvalue weighted by Crippen LogP contribution is -2.21. The number of halogens is 1. The summed E-state index contributed by atoms with van der Waals surface area (Å²) in [5.41, 5.74) is 0.790. The first-order valence-electron chi connectivity index (χ1n) is 6.03. The molecule has 1 aromatic carbocycles. The van der Waals surface area contributed by atoms with E-state index in [-0.39, 0.29) is 5.91 Å². The van der Waals surface area contributed by atoms with Gasteiger partial charge in [0, 0.05) is 17.4 Å². The predicted octanol–water partition coefficient (Wildman–Crippen LogP) is 3.16. The van der Waals surface area contributed by atoms with Gasteiger partial charge in [0.2, 0.25) is 5.91 Å². The normalized spacial score (nSPS) is 10.4. The highest BCUT2D eigenvalue weighted by Gasteiger charge is 2.04. The number of nitrogens with one attached hydrogen (secondary N) is 2. The molecule has 0 saturated carbocycles. The van der Waals surface area contributed by atoms with Gasteiger partial charge in [-0.15, -0.1) is 0 Å². The Labute approximate surface area is 120 Å². The number of hydrogen-bond donors (Lipinski definition) is 2. The second kappa shape index (κ2) is 7.11. The van der Waals surface area contributed by atoms with Crippen LogP contribution >= 0.6 is 15.9 Å². The van der Waals surface area contributed by atoms with Crippen LogP contribution in [0.15, 0.2) is 51.6 Å². The van der Waals surface area contributed by atoms with Gasteiger partial charge in [-0.2, -0.15) is 0 Å². The second-order valence-corrected chi connectivity index (χ2v) is 4.89. The zero-order valence-electron chi connectivity index (χ0n) is 10.4. The lowest BCUT2D eigenvalue weighted by molar-refractivity contribution is -0.116. The first-order chi connectivity index (χ1) is 9.25. The number of carbonyl (C=O) groups is 1. The number of benzene rings is 1. The van der Waals surface area contributed by atoms with Crippen molar-refractivity contribution in [3.8, 4) is 0 Å². The van der Waals surface area contributed by atoms with Crippen molar-refractivity contribution in [3.63, 3.8) is 0 Å². The Morgan fingerprint density at radius 2 is 2.05 bits per heavy atom. The Kier molecular flexibility index (Phi) is 5.18. The fourth-order valence-electron chi connectivity index (χ4n) is 1.60. The molecule has 0 fully saturated rings. The molecule has 0 aliphatic carbocycles. The van der Waals surface area contributed by atoms with Gasteiger partial charge >= 0.3 is 0 Å². The maximum atomic E-state index is 11.7. The molecule has 0 saturated heterocycles. The second-order valence-electron chi connectivity index (χ2n) is 4.03. The summed E-state index contributed by atoms with van der Waals surface area (Å²) in [5, 5.41) is 6.01. The van der Waals surface area contributed by atoms with E-state index in [1.54, 1.807) is 6.26 Å². The van der Waals surface area contributed by atoms with Crippen LogP contribution in [0.1, 0.15) is 12.2 Å². The van der Waals surface area contributed by atoms with Crippen LogP contribution in [0.3, 0.4) is 0 Å². The monoisotopic (exact) mass is 322 g/mol. The molecule has 100 valence electrons. The minimum Gasteiger partial charge on any atom is -0.468 e. The third kappa shape index (κ3) is 4.54. The van der Waals surface area contributed by atoms with Crippen molar-refractivity contribution in [2.45, 2.75) is 13.0 Å². The molecule has 0 unspecified atom stereocenters. The minimum atomic E-state index is -0.0150. The molecular weight excluding hydrogens is 308 g/mol. The summed E-state index contributed by atoms with van der Waals surface area (Å²) in [4.78, 5) is 11.7. The van der Waals surface area contributed by atoms with E-state index >= 15 is 0 Å². The van der Waals surface area contributed by atoms with Crippen molar-refractivity contribution >= 4 is 27.5 Å². The molecule has 0 aliphatic heterocycles. The van der Waals surface area contributed by atoms with E-state index in [1.807, 2.05) is 36.4 Å². The summed E-state index contributed by atoms with van der Waals surface area (Å²) in [6, 6.07) is 11.3. The van der Waals surface area contributed by atoms with Crippen molar-refractivity contribution in [2.75, 3.05) is 11.9 Å². The highest BCUT2D eigenvalue weighted by molar-refractivity contribution is 9.10. The van der Waals surface area contributed by atoms with Gasteiger partial charge in [-0.05, 0) is 40.2 Å². The van der Waals surface area contributed by atoms with Gasteiger partial charge in [-0.1, -0.05) is 12.1 Å². The molecule has 2 rings (SSSR count). The van der Waals surface area contributed by atoms with E-state index < -0.39 is 0 Å². The smallest absolute Gasteiger partial charge is 0.225 e. The summed E-state index contributed by atoms with van der Waals surface area (Å²) in [6.45, 7) is 1.24. The van der Waals surface area contributed by atoms with Gasteiger partial charge in [0.05, 0.1) is 18.5 Å². The average Bonchev–Trinajstić information content (AvgIpc) is 2.91. The third-order valence-electron chi connectivity index (χ3n) is 2.56. The molecule has 5 heteroatoms. The Bertz CT molecular complexity index is 526. The molecule has 4 nitrogen and oxygen atoms in total. The number of furan rings is 1. The van der Waals surface area contributed by atoms with Gasteiger partial charge in [-0.3, -0.25) is 4.79 Å². The molecule has 19 heavy (non-hydrogen) atoms. The molecule has 1 heterocycles. The van der Waals surface area contributed by atoms with E-state index in [0.717, 1.165) is 15.9 Å². The number of anilines is 1. The van der Waals surface area contributed by atoms with E-state index in [4.69, 9.17) is 4.42 Å². The van der Waals surface area contributed by atoms with Crippen LogP contribution in [-0.2, 0) is 11.3 Å². The summed E-state index contributed by atoms with van der Waals surface area (Å²) < 4.78 is 6.06. The third-order valence-corrected chi connectivity index (χ3v) is 3.25. The molecule has 0 bridgehead atoms. The number of carbonyl (C=O) groups excluding carboxylic acids is 1. The molecule has 0 aliphatic rings. The molecule has 2 aromatic rings. The van der Waals surface area contributed by atoms with Crippen molar-refractivity contribution in [2.24, 2.45) is 0 Å². The fraction of sp³-hybridized carbons (Fsp3) is 0.214. The van der Waals surface area contributed by atoms with Crippen molar-refractivity contribution in [1.82, 2.24) is 5.32 Å². The largest absolute Gasteiger partial charge is 0.468 e. The molecule has 1 amide bonds. The van der Waals surface area contributed by atoms with E-state index in [1.165, 1.54) is 0 Å². The van der Waals surface area contributed by atoms with Crippen LogP contribution < -0.4 is 10.6 Å². The average molecular weight is 323 g/mol. The number of hydrogen-bond acceptors (Lipinski definition) is 3. The Balaban J connectivity index is 1.69. The summed E-state index contributed by atoms with van der Waals surface area (Å²) >= 11 is 3.39. The Hall–Kier alpha value is -1.59. The summed E-state index contributed by atoms with van der Waals surface area (Å²) in [7, 11) is 0. The molecule has 0 atom stereocenters. The number of para-hydroxylation sites is 1. The highest BCUT2D eigenvalue weighted by Crippen LogP contribution is 2.21. The lowest BCUT2D eigenvalue weighted by Gasteiger charge is -2.07. The molecule has 1 aromatic heterocycles. The van der Waals surface area contributed by atoms with E-state index in [0.29, 0.717) is 19.5 Å². The quantitative estimate of drug-likeness (QED) is 0.803. The van der Waals surface area contributed by atoms with Gasteiger partial charge in [0.1, 0.15) is 5.76 Å². The SMILES string of the molecule is O=C(CCNCc1ccco1)Nc1ccccc1Br. The van der Waals surface area contributed by atoms with Crippen LogP contribution in [0, 0.1) is 0 Å². The maximum Gasteiger partial charge on any atom is 0.225 e. The molecule has 2 N–H and O–H groups in total. The van der Waals surface area contributed by atoms with Gasteiger partial charge in [-0.25, -0.2) is 0 Å². The zero-order chi connectivity index (χ0) is 13.5. The summed E-state index contributed by atoms with van der Waals surface area (Å²) in [6.07, 6.45) is 2.05. The van der Waals surface area contributed by atoms with Gasteiger partial charge in [0.15, 0.2) is 0 Å². The zero-order valence-corrected chi connectivity index (χ0v) is 11.9. The maximum absolute atomic E-state index is 11.7. The Morgan fingerprint density at radius 3 is 2.79 bits per heavy atom. The van der Waals surface area contributed by atoms with Crippen LogP contribution in [0.2, 0.25) is 0 Å². The van der Waals surface area contributed by atoms with Crippen LogP contribution in [0.25, 0.3) is 0 Å². The fourth-order valence-corrected chi connectivity index (χ4v) is 1.99. The molecule has 0 spiro atoms. The molecular formula is C14H15BrN2O2. The highest BCUT2D eigenvalue weighted by atomic mass is 79.9. The van der Waals surface area contributed by atoms with Crippen LogP contribution in [0.5, 0.6) is 0 Å². The first-order valence-corrected chi connectivity index (χ1v) is 6.82. The Morgan fingerprint density at radius 1 is 1.21 bits per heavy atom.